The zero-order valence-corrected chi connectivity index (χ0v) is 17.7. The van der Waals surface area contributed by atoms with Crippen LogP contribution in [0.15, 0.2) is 96.0 Å². The van der Waals surface area contributed by atoms with Crippen LogP contribution in [-0.2, 0) is 4.79 Å². The normalized spacial score (nSPS) is 10.5. The van der Waals surface area contributed by atoms with Gasteiger partial charge in [-0.25, -0.2) is 9.07 Å². The van der Waals surface area contributed by atoms with E-state index in [9.17, 15) is 14.0 Å². The fraction of sp³-hybridized carbons (Fsp3) is 0.0417. The van der Waals surface area contributed by atoms with E-state index in [2.05, 4.69) is 16.0 Å². The fourth-order valence-electron chi connectivity index (χ4n) is 2.97. The lowest BCUT2D eigenvalue weighted by atomic mass is 10.1. The van der Waals surface area contributed by atoms with Gasteiger partial charge in [0.15, 0.2) is 0 Å². The van der Waals surface area contributed by atoms with E-state index in [1.807, 2.05) is 60.7 Å². The summed E-state index contributed by atoms with van der Waals surface area (Å²) in [5, 5.41) is 4.59. The number of hydrogen-bond donors (Lipinski definition) is 2. The summed E-state index contributed by atoms with van der Waals surface area (Å²) in [4.78, 5) is 25.8. The molecule has 0 aliphatic carbocycles. The van der Waals surface area contributed by atoms with Crippen molar-refractivity contribution in [3.05, 3.63) is 103 Å². The molecule has 1 heterocycles. The average Bonchev–Trinajstić information content (AvgIpc) is 3.29. The number of hydrogen-bond acceptors (Lipinski definition) is 4. The molecule has 4 aromatic rings. The Bertz CT molecular complexity index is 1210. The molecule has 0 aliphatic rings. The quantitative estimate of drug-likeness (QED) is 0.343. The summed E-state index contributed by atoms with van der Waals surface area (Å²) in [6.07, 6.45) is 1.63. The molecule has 0 radical (unpaired) electrons. The number of benzene rings is 3. The van der Waals surface area contributed by atoms with Crippen LogP contribution in [0.1, 0.15) is 10.4 Å². The molecule has 0 aliphatic heterocycles. The van der Waals surface area contributed by atoms with Crippen molar-refractivity contribution in [2.24, 2.45) is 0 Å². The van der Waals surface area contributed by atoms with Crippen molar-refractivity contribution in [2.75, 3.05) is 5.75 Å². The van der Waals surface area contributed by atoms with Gasteiger partial charge >= 0.3 is 0 Å². The number of nitrogens with zero attached hydrogens (tertiary/aromatic N) is 2. The number of hydrazine groups is 1. The van der Waals surface area contributed by atoms with Crippen molar-refractivity contribution in [3.8, 4) is 16.9 Å². The Morgan fingerprint density at radius 2 is 1.53 bits per heavy atom. The molecular weight excluding hydrogens is 427 g/mol. The second-order valence-corrected chi connectivity index (χ2v) is 7.83. The van der Waals surface area contributed by atoms with Gasteiger partial charge in [-0.15, -0.1) is 11.8 Å². The highest BCUT2D eigenvalue weighted by Crippen LogP contribution is 2.23. The Kier molecular flexibility index (Phi) is 6.62. The molecule has 8 heteroatoms. The zero-order chi connectivity index (χ0) is 22.3. The van der Waals surface area contributed by atoms with Gasteiger partial charge in [-0.3, -0.25) is 20.4 Å². The van der Waals surface area contributed by atoms with Crippen molar-refractivity contribution < 1.29 is 14.0 Å². The van der Waals surface area contributed by atoms with E-state index in [4.69, 9.17) is 0 Å². The maximum absolute atomic E-state index is 13.0. The van der Waals surface area contributed by atoms with Gasteiger partial charge in [0.2, 0.25) is 5.91 Å². The Balaban J connectivity index is 1.46. The average molecular weight is 447 g/mol. The Hall–Kier alpha value is -3.91. The molecule has 4 rings (SSSR count). The first-order valence-electron chi connectivity index (χ1n) is 9.78. The second-order valence-electron chi connectivity index (χ2n) is 6.78. The van der Waals surface area contributed by atoms with Crippen LogP contribution in [0.2, 0.25) is 0 Å². The largest absolute Gasteiger partial charge is 0.273 e. The van der Waals surface area contributed by atoms with Crippen LogP contribution < -0.4 is 10.9 Å². The third-order valence-electron chi connectivity index (χ3n) is 4.53. The van der Waals surface area contributed by atoms with Crippen molar-refractivity contribution in [3.63, 3.8) is 0 Å². The molecule has 0 bridgehead atoms. The summed E-state index contributed by atoms with van der Waals surface area (Å²) in [6.45, 7) is 0. The van der Waals surface area contributed by atoms with E-state index in [-0.39, 0.29) is 17.5 Å². The number of halogens is 1. The molecule has 0 atom stereocenters. The number of para-hydroxylation sites is 1. The standard InChI is InChI=1S/C24H19FN4O2S/c25-18-11-13-20(14-12-18)32-16-22(30)26-27-24(31)21-15-29(19-9-5-2-6-10-19)28-23(21)17-7-3-1-4-8-17/h1-15H,16H2,(H,26,30)(H,27,31). The smallest absolute Gasteiger partial charge is 0.272 e. The number of amides is 2. The van der Waals surface area contributed by atoms with Crippen LogP contribution in [0.3, 0.4) is 0 Å². The van der Waals surface area contributed by atoms with Gasteiger partial charge in [0.05, 0.1) is 17.0 Å². The van der Waals surface area contributed by atoms with Gasteiger partial charge in [-0.1, -0.05) is 48.5 Å². The second kappa shape index (κ2) is 9.93. The van der Waals surface area contributed by atoms with Gasteiger partial charge in [0.1, 0.15) is 11.5 Å². The lowest BCUT2D eigenvalue weighted by Crippen LogP contribution is -2.42. The molecule has 160 valence electrons. The molecule has 32 heavy (non-hydrogen) atoms. The number of thioether (sulfide) groups is 1. The minimum atomic E-state index is -0.480. The van der Waals surface area contributed by atoms with Crippen molar-refractivity contribution in [1.29, 1.82) is 0 Å². The number of carbonyl (C=O) groups is 2. The van der Waals surface area contributed by atoms with Gasteiger partial charge in [-0.05, 0) is 36.4 Å². The minimum Gasteiger partial charge on any atom is -0.272 e. The molecule has 0 fully saturated rings. The van der Waals surface area contributed by atoms with E-state index >= 15 is 0 Å². The topological polar surface area (TPSA) is 76.0 Å². The first-order valence-corrected chi connectivity index (χ1v) is 10.8. The van der Waals surface area contributed by atoms with Crippen LogP contribution in [0.5, 0.6) is 0 Å². The summed E-state index contributed by atoms with van der Waals surface area (Å²) in [7, 11) is 0. The predicted octanol–water partition coefficient (Wildman–Crippen LogP) is 4.23. The van der Waals surface area contributed by atoms with E-state index in [0.29, 0.717) is 11.3 Å². The number of aromatic nitrogens is 2. The predicted molar refractivity (Wildman–Crippen MR) is 122 cm³/mol. The van der Waals surface area contributed by atoms with Crippen molar-refractivity contribution in [1.82, 2.24) is 20.6 Å². The van der Waals surface area contributed by atoms with Gasteiger partial charge in [0, 0.05) is 16.7 Å². The summed E-state index contributed by atoms with van der Waals surface area (Å²) >= 11 is 1.24. The number of carbonyl (C=O) groups excluding carboxylic acids is 2. The number of rotatable bonds is 6. The Labute approximate surface area is 188 Å². The maximum atomic E-state index is 13.0. The maximum Gasteiger partial charge on any atom is 0.273 e. The summed E-state index contributed by atoms with van der Waals surface area (Å²) in [5.74, 6) is -1.13. The van der Waals surface area contributed by atoms with Crippen LogP contribution in [0.4, 0.5) is 4.39 Å². The fourth-order valence-corrected chi connectivity index (χ4v) is 3.67. The zero-order valence-electron chi connectivity index (χ0n) is 16.9. The lowest BCUT2D eigenvalue weighted by Gasteiger charge is -2.07. The molecule has 6 nitrogen and oxygen atoms in total. The van der Waals surface area contributed by atoms with Crippen LogP contribution in [0.25, 0.3) is 16.9 Å². The molecule has 0 saturated carbocycles. The third kappa shape index (κ3) is 5.22. The highest BCUT2D eigenvalue weighted by Gasteiger charge is 2.19. The molecule has 0 unspecified atom stereocenters. The molecule has 0 saturated heterocycles. The highest BCUT2D eigenvalue weighted by atomic mass is 32.2. The van der Waals surface area contributed by atoms with E-state index < -0.39 is 5.91 Å². The molecule has 3 aromatic carbocycles. The van der Waals surface area contributed by atoms with Crippen LogP contribution >= 0.6 is 11.8 Å². The minimum absolute atomic E-state index is 0.0702. The van der Waals surface area contributed by atoms with Crippen molar-refractivity contribution >= 4 is 23.6 Å². The Morgan fingerprint density at radius 3 is 2.22 bits per heavy atom. The SMILES string of the molecule is O=C(CSc1ccc(F)cc1)NNC(=O)c1cn(-c2ccccc2)nc1-c1ccccc1. The molecule has 2 N–H and O–H groups in total. The van der Waals surface area contributed by atoms with Crippen LogP contribution in [0, 0.1) is 5.82 Å². The molecule has 2 amide bonds. The monoisotopic (exact) mass is 446 g/mol. The van der Waals surface area contributed by atoms with E-state index in [1.165, 1.54) is 23.9 Å². The van der Waals surface area contributed by atoms with E-state index in [0.717, 1.165) is 16.1 Å². The first-order chi connectivity index (χ1) is 15.6. The lowest BCUT2D eigenvalue weighted by molar-refractivity contribution is -0.119. The summed E-state index contributed by atoms with van der Waals surface area (Å²) in [5.41, 5.74) is 7.29. The number of nitrogens with one attached hydrogen (secondary N) is 2. The van der Waals surface area contributed by atoms with Crippen LogP contribution in [-0.4, -0.2) is 27.3 Å². The molecular formula is C24H19FN4O2S. The Morgan fingerprint density at radius 1 is 0.875 bits per heavy atom. The van der Waals surface area contributed by atoms with Crippen molar-refractivity contribution in [2.45, 2.75) is 4.90 Å². The van der Waals surface area contributed by atoms with Gasteiger partial charge in [-0.2, -0.15) is 5.10 Å². The third-order valence-corrected chi connectivity index (χ3v) is 5.54. The van der Waals surface area contributed by atoms with Gasteiger partial charge in [0.25, 0.3) is 5.91 Å². The molecule has 0 spiro atoms. The summed E-state index contributed by atoms with van der Waals surface area (Å²) in [6, 6.07) is 24.7. The highest BCUT2D eigenvalue weighted by molar-refractivity contribution is 8.00. The van der Waals surface area contributed by atoms with Gasteiger partial charge < -0.3 is 0 Å². The van der Waals surface area contributed by atoms with E-state index in [1.54, 1.807) is 23.0 Å². The summed E-state index contributed by atoms with van der Waals surface area (Å²) < 4.78 is 14.6. The molecule has 1 aromatic heterocycles. The first kappa shape index (κ1) is 21.3.